The Labute approximate surface area is 511 Å². The number of rotatable bonds is 9. The lowest BCUT2D eigenvalue weighted by Gasteiger charge is -2.41. The second kappa shape index (κ2) is 22.1. The zero-order chi connectivity index (χ0) is 62.5. The van der Waals surface area contributed by atoms with Crippen molar-refractivity contribution in [2.24, 2.45) is 0 Å². The van der Waals surface area contributed by atoms with E-state index in [2.05, 4.69) is 285 Å². The lowest BCUT2D eigenvalue weighted by molar-refractivity contribution is 0.0705. The van der Waals surface area contributed by atoms with E-state index in [0.29, 0.717) is 5.56 Å². The van der Waals surface area contributed by atoms with Crippen molar-refractivity contribution in [1.29, 1.82) is 0 Å². The van der Waals surface area contributed by atoms with Gasteiger partial charge in [-0.1, -0.05) is 233 Å². The Morgan fingerprint density at radius 3 is 1.15 bits per heavy atom. The maximum absolute atomic E-state index is 14.7. The summed E-state index contributed by atoms with van der Waals surface area (Å²) in [6.07, 6.45) is 6.68. The van der Waals surface area contributed by atoms with Gasteiger partial charge in [0.1, 0.15) is 0 Å². The number of aromatic nitrogens is 4. The smallest absolute Gasteiger partial charge is 0.324 e. The van der Waals surface area contributed by atoms with E-state index >= 15 is 0 Å². The number of hydrogen-bond donors (Lipinski definition) is 2. The molecule has 0 spiro atoms. The number of H-pyrrole nitrogens is 2. The van der Waals surface area contributed by atoms with Crippen molar-refractivity contribution in [3.8, 4) is 33.4 Å². The molecule has 7 heteroatoms. The minimum atomic E-state index is -2.56. The summed E-state index contributed by atoms with van der Waals surface area (Å²) in [6.45, 7) is 54.8. The first-order valence-corrected chi connectivity index (χ1v) is 33.4. The molecule has 0 unspecified atom stereocenters. The second-order valence-corrected chi connectivity index (χ2v) is 37.1. The molecule has 4 aromatic carbocycles. The Bertz CT molecular complexity index is 3860. The molecule has 2 N–H and O–H groups in total. The van der Waals surface area contributed by atoms with Crippen LogP contribution in [0.1, 0.15) is 238 Å². The summed E-state index contributed by atoms with van der Waals surface area (Å²) in [5.74, 6) is -0.263. The SMILES string of the molecule is CC(C)[Si](OC(=O)c1cccc(C2=Cc3nc2cc2ccc([nH]2)c(-c2cc(C(C)(C)C)cc(C(C)(C)C)c2)c2nc(c(-c4cc(C(C)(C)C)cc(C(C)(C)C)c4)c4ccc([nH]4)c3-c3cc(C(C)(C)C)cc(C(C)(C)C)c3)C=C2)c1)(C(C)C)C(C)C. The number of nitrogens with zero attached hydrogens (tertiary/aromatic N) is 2. The molecule has 5 heterocycles. The van der Waals surface area contributed by atoms with Crippen LogP contribution in [0, 0.1) is 0 Å². The fourth-order valence-electron chi connectivity index (χ4n) is 12.6. The fourth-order valence-corrected chi connectivity index (χ4v) is 17.8. The quantitative estimate of drug-likeness (QED) is 0.141. The number of carbonyl (C=O) groups excluding carboxylic acids is 1. The number of benzene rings is 4. The topological polar surface area (TPSA) is 83.7 Å². The van der Waals surface area contributed by atoms with Gasteiger partial charge in [0.2, 0.25) is 0 Å². The van der Waals surface area contributed by atoms with Crippen molar-refractivity contribution in [2.75, 3.05) is 0 Å². The Kier molecular flexibility index (Phi) is 16.3. The molecule has 3 aromatic heterocycles. The number of aromatic amines is 2. The van der Waals surface area contributed by atoms with Crippen molar-refractivity contribution < 1.29 is 9.22 Å². The maximum atomic E-state index is 14.7. The highest BCUT2D eigenvalue weighted by Crippen LogP contribution is 2.46. The summed E-state index contributed by atoms with van der Waals surface area (Å²) in [7, 11) is -2.56. The first-order chi connectivity index (χ1) is 39.2. The molecular formula is C78H98N4O2Si. The zero-order valence-corrected chi connectivity index (χ0v) is 57.1. The third-order valence-electron chi connectivity index (χ3n) is 17.9. The summed E-state index contributed by atoms with van der Waals surface area (Å²) in [4.78, 5) is 34.4. The summed E-state index contributed by atoms with van der Waals surface area (Å²) in [6, 6.07) is 40.5. The average Bonchev–Trinajstić information content (AvgIpc) is 2.09. The summed E-state index contributed by atoms with van der Waals surface area (Å²) < 4.78 is 6.85. The third kappa shape index (κ3) is 12.7. The van der Waals surface area contributed by atoms with Gasteiger partial charge in [0.05, 0.1) is 28.3 Å². The van der Waals surface area contributed by atoms with E-state index in [0.717, 1.165) is 89.4 Å². The van der Waals surface area contributed by atoms with E-state index in [1.165, 1.54) is 33.4 Å². The number of hydrogen-bond acceptors (Lipinski definition) is 4. The van der Waals surface area contributed by atoms with Crippen LogP contribution in [0.2, 0.25) is 16.6 Å². The van der Waals surface area contributed by atoms with Crippen LogP contribution in [0.25, 0.3) is 79.2 Å². The van der Waals surface area contributed by atoms with Crippen LogP contribution in [-0.4, -0.2) is 34.2 Å². The molecule has 0 radical (unpaired) electrons. The third-order valence-corrected chi connectivity index (χ3v) is 23.9. The molecule has 0 atom stereocenters. The molecule has 8 bridgehead atoms. The molecule has 6 nitrogen and oxygen atoms in total. The highest BCUT2D eigenvalue weighted by molar-refractivity contribution is 6.79. The van der Waals surface area contributed by atoms with Gasteiger partial charge in [0, 0.05) is 44.3 Å². The molecule has 2 aliphatic heterocycles. The van der Waals surface area contributed by atoms with Crippen molar-refractivity contribution in [1.82, 2.24) is 19.9 Å². The van der Waals surface area contributed by atoms with Crippen molar-refractivity contribution in [2.45, 2.75) is 215 Å². The summed E-state index contributed by atoms with van der Waals surface area (Å²) in [5, 5.41) is 0. The lowest BCUT2D eigenvalue weighted by atomic mass is 9.78. The van der Waals surface area contributed by atoms with E-state index in [9.17, 15) is 4.79 Å². The molecule has 85 heavy (non-hydrogen) atoms. The van der Waals surface area contributed by atoms with Gasteiger partial charge in [-0.3, -0.25) is 0 Å². The Morgan fingerprint density at radius 2 is 0.776 bits per heavy atom. The minimum Gasteiger partial charge on any atom is -0.515 e. The molecule has 7 aromatic rings. The van der Waals surface area contributed by atoms with Crippen LogP contribution in [0.15, 0.2) is 109 Å². The van der Waals surface area contributed by atoms with Gasteiger partial charge in [0.15, 0.2) is 0 Å². The Balaban J connectivity index is 1.47. The van der Waals surface area contributed by atoms with E-state index < -0.39 is 8.32 Å². The van der Waals surface area contributed by atoms with Crippen LogP contribution in [0.4, 0.5) is 0 Å². The van der Waals surface area contributed by atoms with Crippen molar-refractivity contribution >= 4 is 60.2 Å². The average molecular weight is 1150 g/mol. The first-order valence-electron chi connectivity index (χ1n) is 31.2. The van der Waals surface area contributed by atoms with Crippen LogP contribution in [0.5, 0.6) is 0 Å². The molecule has 0 saturated heterocycles. The number of carbonyl (C=O) groups is 1. The molecule has 0 saturated carbocycles. The van der Waals surface area contributed by atoms with E-state index in [-0.39, 0.29) is 55.1 Å². The highest BCUT2D eigenvalue weighted by atomic mass is 28.4. The minimum absolute atomic E-state index is 0.116. The van der Waals surface area contributed by atoms with Crippen molar-refractivity contribution in [3.63, 3.8) is 0 Å². The molecule has 446 valence electrons. The lowest BCUT2D eigenvalue weighted by Crippen LogP contribution is -2.49. The van der Waals surface area contributed by atoms with Gasteiger partial charge < -0.3 is 14.4 Å². The van der Waals surface area contributed by atoms with Crippen LogP contribution < -0.4 is 0 Å². The van der Waals surface area contributed by atoms with Crippen LogP contribution in [-0.2, 0) is 36.9 Å². The van der Waals surface area contributed by atoms with Crippen LogP contribution >= 0.6 is 0 Å². The monoisotopic (exact) mass is 1150 g/mol. The van der Waals surface area contributed by atoms with E-state index in [4.69, 9.17) is 14.4 Å². The predicted molar refractivity (Wildman–Crippen MR) is 368 cm³/mol. The fraction of sp³-hybridized carbons (Fsp3) is 0.423. The normalized spacial score (nSPS) is 13.8. The molecule has 2 aliphatic rings. The standard InChI is InChI=1S/C78H98N4O2Si/c1-46(2)85(47(3)4,48(5)6)84-72(83)50-27-25-26-49(34-50)61-45-68-71(53-39-58(77(19,20)21)43-59(40-53)78(22,23)24)66-33-32-65(81-66)70(52-37-56(75(13,14)15)42-57(38-52)76(16,17)18)64-31-30-63(80-64)69(62-29-28-60(79-62)44-67(61)82-68)51-35-54(73(7,8)9)41-55(36-51)74(10,11)12/h25-48,79,81H,1-24H3. The zero-order valence-electron chi connectivity index (χ0n) is 56.1. The van der Waals surface area contributed by atoms with Crippen LogP contribution in [0.3, 0.4) is 0 Å². The molecule has 0 aliphatic carbocycles. The predicted octanol–water partition coefficient (Wildman–Crippen LogP) is 22.2. The number of nitrogens with one attached hydrogen (secondary N) is 2. The van der Waals surface area contributed by atoms with Gasteiger partial charge >= 0.3 is 5.97 Å². The summed E-state index contributed by atoms with van der Waals surface area (Å²) in [5.41, 5.74) is 23.3. The first kappa shape index (κ1) is 62.7. The Morgan fingerprint density at radius 1 is 0.412 bits per heavy atom. The highest BCUT2D eigenvalue weighted by Gasteiger charge is 2.48. The Hall–Kier alpha value is -6.83. The summed E-state index contributed by atoms with van der Waals surface area (Å²) >= 11 is 0. The molecule has 0 amide bonds. The number of fused-ring (bicyclic) bond motifs is 8. The molecule has 0 fully saturated rings. The molecular weight excluding hydrogens is 1050 g/mol. The largest absolute Gasteiger partial charge is 0.515 e. The van der Waals surface area contributed by atoms with Gasteiger partial charge in [0.25, 0.3) is 8.32 Å². The maximum Gasteiger partial charge on any atom is 0.324 e. The van der Waals surface area contributed by atoms with E-state index in [1.807, 2.05) is 18.2 Å². The molecule has 9 rings (SSSR count). The van der Waals surface area contributed by atoms with Gasteiger partial charge in [-0.05, 0) is 165 Å². The second-order valence-electron chi connectivity index (χ2n) is 31.7. The van der Waals surface area contributed by atoms with E-state index in [1.54, 1.807) is 0 Å². The van der Waals surface area contributed by atoms with Gasteiger partial charge in [-0.25, -0.2) is 14.8 Å². The van der Waals surface area contributed by atoms with Gasteiger partial charge in [-0.2, -0.15) is 0 Å². The van der Waals surface area contributed by atoms with Crippen molar-refractivity contribution in [3.05, 3.63) is 176 Å². The van der Waals surface area contributed by atoms with Gasteiger partial charge in [-0.15, -0.1) is 0 Å².